The Bertz CT molecular complexity index is 850. The average Bonchev–Trinajstić information content (AvgIpc) is 2.68. The van der Waals surface area contributed by atoms with Gasteiger partial charge < -0.3 is 5.43 Å². The van der Waals surface area contributed by atoms with Crippen LogP contribution < -0.4 is 15.2 Å². The minimum atomic E-state index is -3.87. The van der Waals surface area contributed by atoms with E-state index in [1.165, 1.54) is 12.1 Å². The lowest BCUT2D eigenvalue weighted by molar-refractivity contribution is -0.120. The molecule has 0 unspecified atom stereocenters. The van der Waals surface area contributed by atoms with Crippen LogP contribution >= 0.6 is 0 Å². The first kappa shape index (κ1) is 19.5. The van der Waals surface area contributed by atoms with Crippen LogP contribution in [0.3, 0.4) is 0 Å². The van der Waals surface area contributed by atoms with Crippen molar-refractivity contribution >= 4 is 21.6 Å². The highest BCUT2D eigenvalue weighted by Crippen LogP contribution is 2.22. The minimum absolute atomic E-state index is 0.132. The van der Waals surface area contributed by atoms with Gasteiger partial charge in [-0.05, 0) is 37.6 Å². The first-order valence-corrected chi connectivity index (χ1v) is 9.76. The summed E-state index contributed by atoms with van der Waals surface area (Å²) in [6.45, 7) is 3.47. The van der Waals surface area contributed by atoms with Gasteiger partial charge in [0, 0.05) is 5.70 Å². The Kier molecular flexibility index (Phi) is 6.80. The summed E-state index contributed by atoms with van der Waals surface area (Å²) in [7, 11) is -3.87. The summed E-state index contributed by atoms with van der Waals surface area (Å²) in [5, 5.41) is 0. The molecule has 1 amide bonds. The van der Waals surface area contributed by atoms with Crippen LogP contribution in [0.15, 0.2) is 77.3 Å². The third kappa shape index (κ3) is 4.86. The zero-order chi connectivity index (χ0) is 19.0. The van der Waals surface area contributed by atoms with Crippen LogP contribution in [0, 0.1) is 0 Å². The molecule has 0 atom stereocenters. The molecule has 0 aliphatic heterocycles. The molecule has 0 aliphatic rings. The second-order valence-corrected chi connectivity index (χ2v) is 7.36. The Balaban J connectivity index is 2.27. The third-order valence-electron chi connectivity index (χ3n) is 3.75. The van der Waals surface area contributed by atoms with Crippen molar-refractivity contribution in [2.45, 2.75) is 25.2 Å². The molecule has 138 valence electrons. The number of anilines is 1. The maximum atomic E-state index is 13.0. The number of carbonyl (C=O) groups excluding carboxylic acids is 1. The SMILES string of the molecule is C/C=C(/CC)NNC(=O)CN(c1ccccc1)S(=O)(=O)c1ccccc1. The molecule has 0 fully saturated rings. The molecule has 2 rings (SSSR count). The molecule has 6 nitrogen and oxygen atoms in total. The van der Waals surface area contributed by atoms with Crippen LogP contribution in [0.25, 0.3) is 0 Å². The van der Waals surface area contributed by atoms with Crippen molar-refractivity contribution in [1.29, 1.82) is 0 Å². The lowest BCUT2D eigenvalue weighted by Crippen LogP contribution is -2.45. The summed E-state index contributed by atoms with van der Waals surface area (Å²) in [5.41, 5.74) is 6.62. The van der Waals surface area contributed by atoms with E-state index in [2.05, 4.69) is 10.9 Å². The third-order valence-corrected chi connectivity index (χ3v) is 5.54. The molecular weight excluding hydrogens is 350 g/mol. The van der Waals surface area contributed by atoms with E-state index in [0.717, 1.165) is 16.4 Å². The molecule has 0 radical (unpaired) electrons. The predicted octanol–water partition coefficient (Wildman–Crippen LogP) is 2.82. The van der Waals surface area contributed by atoms with Gasteiger partial charge in [0.05, 0.1) is 10.6 Å². The number of benzene rings is 2. The van der Waals surface area contributed by atoms with Gasteiger partial charge in [0.1, 0.15) is 6.54 Å². The Morgan fingerprint density at radius 3 is 2.12 bits per heavy atom. The second kappa shape index (κ2) is 9.05. The van der Waals surface area contributed by atoms with Crippen molar-refractivity contribution in [2.24, 2.45) is 0 Å². The van der Waals surface area contributed by atoms with Gasteiger partial charge in [0.25, 0.3) is 15.9 Å². The number of sulfonamides is 1. The summed E-state index contributed by atoms with van der Waals surface area (Å²) < 4.78 is 27.2. The van der Waals surface area contributed by atoms with E-state index in [-0.39, 0.29) is 11.4 Å². The van der Waals surface area contributed by atoms with Crippen molar-refractivity contribution < 1.29 is 13.2 Å². The molecule has 0 bridgehead atoms. The fourth-order valence-corrected chi connectivity index (χ4v) is 3.76. The van der Waals surface area contributed by atoms with Gasteiger partial charge in [-0.1, -0.05) is 49.4 Å². The number of hydrogen-bond donors (Lipinski definition) is 2. The molecule has 0 saturated carbocycles. The Labute approximate surface area is 154 Å². The summed E-state index contributed by atoms with van der Waals surface area (Å²) in [4.78, 5) is 12.5. The van der Waals surface area contributed by atoms with Crippen LogP contribution in [0.1, 0.15) is 20.3 Å². The van der Waals surface area contributed by atoms with Crippen molar-refractivity contribution in [3.05, 3.63) is 72.4 Å². The van der Waals surface area contributed by atoms with Gasteiger partial charge in [-0.15, -0.1) is 0 Å². The highest BCUT2D eigenvalue weighted by atomic mass is 32.2. The number of amides is 1. The molecule has 0 aromatic heterocycles. The number of para-hydroxylation sites is 1. The van der Waals surface area contributed by atoms with Crippen LogP contribution in [0.5, 0.6) is 0 Å². The molecule has 0 aliphatic carbocycles. The number of hydrazine groups is 1. The van der Waals surface area contributed by atoms with Crippen molar-refractivity contribution in [2.75, 3.05) is 10.8 Å². The number of carbonyl (C=O) groups is 1. The average molecular weight is 373 g/mol. The quantitative estimate of drug-likeness (QED) is 0.698. The number of nitrogens with zero attached hydrogens (tertiary/aromatic N) is 1. The highest BCUT2D eigenvalue weighted by molar-refractivity contribution is 7.92. The van der Waals surface area contributed by atoms with Crippen molar-refractivity contribution in [3.8, 4) is 0 Å². The van der Waals surface area contributed by atoms with Gasteiger partial charge in [-0.3, -0.25) is 14.5 Å². The number of hydrogen-bond acceptors (Lipinski definition) is 4. The number of allylic oxidation sites excluding steroid dienone is 2. The van der Waals surface area contributed by atoms with Crippen LogP contribution in [-0.2, 0) is 14.8 Å². The largest absolute Gasteiger partial charge is 0.303 e. The van der Waals surface area contributed by atoms with Gasteiger partial charge in [0.2, 0.25) is 0 Å². The zero-order valence-corrected chi connectivity index (χ0v) is 15.7. The van der Waals surface area contributed by atoms with E-state index in [1.807, 2.05) is 19.9 Å². The first-order valence-electron chi connectivity index (χ1n) is 8.32. The second-order valence-electron chi connectivity index (χ2n) is 5.50. The first-order chi connectivity index (χ1) is 12.5. The normalized spacial score (nSPS) is 11.7. The van der Waals surface area contributed by atoms with E-state index in [1.54, 1.807) is 48.5 Å². The minimum Gasteiger partial charge on any atom is -0.303 e. The predicted molar refractivity (Wildman–Crippen MR) is 103 cm³/mol. The summed E-state index contributed by atoms with van der Waals surface area (Å²) in [6, 6.07) is 16.6. The zero-order valence-electron chi connectivity index (χ0n) is 14.8. The number of rotatable bonds is 8. The molecule has 2 N–H and O–H groups in total. The van der Waals surface area contributed by atoms with Gasteiger partial charge in [-0.2, -0.15) is 0 Å². The molecule has 7 heteroatoms. The van der Waals surface area contributed by atoms with Crippen LogP contribution in [0.4, 0.5) is 5.69 Å². The molecule has 2 aromatic rings. The van der Waals surface area contributed by atoms with Gasteiger partial charge in [-0.25, -0.2) is 8.42 Å². The Hall–Kier alpha value is -2.80. The Morgan fingerprint density at radius 1 is 1.00 bits per heavy atom. The fraction of sp³-hybridized carbons (Fsp3) is 0.211. The van der Waals surface area contributed by atoms with Crippen molar-refractivity contribution in [1.82, 2.24) is 10.9 Å². The van der Waals surface area contributed by atoms with E-state index >= 15 is 0 Å². The maximum Gasteiger partial charge on any atom is 0.264 e. The summed E-state index contributed by atoms with van der Waals surface area (Å²) in [5.74, 6) is -0.457. The monoisotopic (exact) mass is 373 g/mol. The van der Waals surface area contributed by atoms with E-state index in [4.69, 9.17) is 0 Å². The molecular formula is C19H23N3O3S. The van der Waals surface area contributed by atoms with E-state index in [0.29, 0.717) is 5.69 Å². The highest BCUT2D eigenvalue weighted by Gasteiger charge is 2.26. The fourth-order valence-electron chi connectivity index (χ4n) is 2.31. The van der Waals surface area contributed by atoms with Gasteiger partial charge in [0.15, 0.2) is 0 Å². The Morgan fingerprint density at radius 2 is 1.58 bits per heavy atom. The lowest BCUT2D eigenvalue weighted by atomic mass is 10.3. The molecule has 2 aromatic carbocycles. The molecule has 26 heavy (non-hydrogen) atoms. The van der Waals surface area contributed by atoms with Crippen molar-refractivity contribution in [3.63, 3.8) is 0 Å². The van der Waals surface area contributed by atoms with Crippen LogP contribution in [-0.4, -0.2) is 20.9 Å². The summed E-state index contributed by atoms with van der Waals surface area (Å²) in [6.07, 6.45) is 2.57. The molecule has 0 saturated heterocycles. The lowest BCUT2D eigenvalue weighted by Gasteiger charge is -2.24. The summed E-state index contributed by atoms with van der Waals surface area (Å²) >= 11 is 0. The topological polar surface area (TPSA) is 78.5 Å². The smallest absolute Gasteiger partial charge is 0.264 e. The molecule has 0 heterocycles. The van der Waals surface area contributed by atoms with Crippen LogP contribution in [0.2, 0.25) is 0 Å². The molecule has 0 spiro atoms. The maximum absolute atomic E-state index is 13.0. The standard InChI is InChI=1S/C19H23N3O3S/c1-3-16(4-2)20-21-19(23)15-22(17-11-7-5-8-12-17)26(24,25)18-13-9-6-10-14-18/h3,5-14,20H,4,15H2,1-2H3,(H,21,23)/b16-3-. The van der Waals surface area contributed by atoms with Gasteiger partial charge >= 0.3 is 0 Å². The van der Waals surface area contributed by atoms with E-state index in [9.17, 15) is 13.2 Å². The van der Waals surface area contributed by atoms with E-state index < -0.39 is 15.9 Å². The number of nitrogens with one attached hydrogen (secondary N) is 2.